The van der Waals surface area contributed by atoms with E-state index < -0.39 is 11.6 Å². The van der Waals surface area contributed by atoms with Crippen molar-refractivity contribution < 1.29 is 14.3 Å². The van der Waals surface area contributed by atoms with Crippen molar-refractivity contribution in [3.05, 3.63) is 82.9 Å². The van der Waals surface area contributed by atoms with Gasteiger partial charge in [0, 0.05) is 18.2 Å². The molecule has 0 aliphatic carbocycles. The minimum atomic E-state index is -0.534. The molecule has 0 unspecified atom stereocenters. The van der Waals surface area contributed by atoms with Crippen LogP contribution in [0, 0.1) is 0 Å². The van der Waals surface area contributed by atoms with E-state index in [-0.39, 0.29) is 5.91 Å². The summed E-state index contributed by atoms with van der Waals surface area (Å²) in [6.07, 6.45) is 7.08. The van der Waals surface area contributed by atoms with E-state index in [9.17, 15) is 9.59 Å². The Morgan fingerprint density at radius 1 is 1.03 bits per heavy atom. The zero-order valence-corrected chi connectivity index (χ0v) is 19.2. The summed E-state index contributed by atoms with van der Waals surface area (Å²) in [6, 6.07) is 15.8. The third-order valence-electron chi connectivity index (χ3n) is 4.44. The number of aryl methyl sites for hydroxylation is 1. The first-order valence-electron chi connectivity index (χ1n) is 10.6. The molecule has 1 N–H and O–H groups in total. The first-order chi connectivity index (χ1) is 14.6. The Balaban J connectivity index is 2.14. The molecule has 0 atom stereocenters. The molecule has 0 heterocycles. The van der Waals surface area contributed by atoms with E-state index in [1.807, 2.05) is 69.3 Å². The van der Waals surface area contributed by atoms with Crippen molar-refractivity contribution >= 4 is 23.6 Å². The lowest BCUT2D eigenvalue weighted by Crippen LogP contribution is -2.22. The summed E-state index contributed by atoms with van der Waals surface area (Å²) in [6.45, 7) is 9.60. The van der Waals surface area contributed by atoms with Gasteiger partial charge in [0.05, 0.1) is 0 Å². The van der Waals surface area contributed by atoms with Crippen LogP contribution in [0.1, 0.15) is 57.7 Å². The Morgan fingerprint density at radius 3 is 2.39 bits per heavy atom. The van der Waals surface area contributed by atoms with Gasteiger partial charge < -0.3 is 10.1 Å². The van der Waals surface area contributed by atoms with Crippen LogP contribution >= 0.6 is 0 Å². The summed E-state index contributed by atoms with van der Waals surface area (Å²) in [5, 5.41) is 3.05. The van der Waals surface area contributed by atoms with E-state index in [2.05, 4.69) is 25.2 Å². The number of hydrogen-bond acceptors (Lipinski definition) is 3. The highest BCUT2D eigenvalue weighted by Gasteiger charge is 2.14. The first-order valence-corrected chi connectivity index (χ1v) is 10.6. The second-order valence-electron chi connectivity index (χ2n) is 8.80. The van der Waals surface area contributed by atoms with Crippen LogP contribution in [0.5, 0.6) is 0 Å². The van der Waals surface area contributed by atoms with Crippen molar-refractivity contribution in [1.82, 2.24) is 0 Å². The van der Waals surface area contributed by atoms with Crippen molar-refractivity contribution in [1.29, 1.82) is 0 Å². The predicted molar refractivity (Wildman–Crippen MR) is 128 cm³/mol. The van der Waals surface area contributed by atoms with Crippen LogP contribution in [0.25, 0.3) is 6.08 Å². The molecule has 0 aliphatic rings. The van der Waals surface area contributed by atoms with Gasteiger partial charge in [-0.25, -0.2) is 4.79 Å². The largest absolute Gasteiger partial charge is 0.457 e. The fourth-order valence-corrected chi connectivity index (χ4v) is 2.92. The van der Waals surface area contributed by atoms with E-state index >= 15 is 0 Å². The summed E-state index contributed by atoms with van der Waals surface area (Å²) >= 11 is 0. The monoisotopic (exact) mass is 419 g/mol. The fourth-order valence-electron chi connectivity index (χ4n) is 2.92. The van der Waals surface area contributed by atoms with Crippen LogP contribution in [-0.2, 0) is 27.2 Å². The van der Waals surface area contributed by atoms with Crippen molar-refractivity contribution in [2.75, 3.05) is 5.32 Å². The maximum absolute atomic E-state index is 12.6. The van der Waals surface area contributed by atoms with Crippen LogP contribution < -0.4 is 5.32 Å². The Kier molecular flexibility index (Phi) is 8.80. The highest BCUT2D eigenvalue weighted by molar-refractivity contribution is 5.92. The van der Waals surface area contributed by atoms with Gasteiger partial charge in [0.25, 0.3) is 0 Å². The maximum Gasteiger partial charge on any atom is 0.331 e. The summed E-state index contributed by atoms with van der Waals surface area (Å²) < 4.78 is 5.31. The topological polar surface area (TPSA) is 55.4 Å². The lowest BCUT2D eigenvalue weighted by Gasteiger charge is -2.18. The Bertz CT molecular complexity index is 946. The zero-order valence-electron chi connectivity index (χ0n) is 19.2. The van der Waals surface area contributed by atoms with Gasteiger partial charge in [-0.15, -0.1) is 0 Å². The average molecular weight is 420 g/mol. The zero-order chi connectivity index (χ0) is 22.9. The first kappa shape index (κ1) is 24.1. The fraction of sp³-hybridized carbons (Fsp3) is 0.333. The van der Waals surface area contributed by atoms with E-state index in [4.69, 9.17) is 4.74 Å². The van der Waals surface area contributed by atoms with E-state index in [1.165, 1.54) is 11.6 Å². The lowest BCUT2D eigenvalue weighted by atomic mass is 10.0. The van der Waals surface area contributed by atoms with Crippen molar-refractivity contribution in [3.63, 3.8) is 0 Å². The molecule has 0 aromatic heterocycles. The highest BCUT2D eigenvalue weighted by Crippen LogP contribution is 2.21. The molecule has 4 heteroatoms. The number of amides is 1. The summed E-state index contributed by atoms with van der Waals surface area (Å²) in [7, 11) is 0. The average Bonchev–Trinajstić information content (AvgIpc) is 2.69. The molecule has 2 rings (SSSR count). The number of carbonyl (C=O) groups is 2. The molecule has 164 valence electrons. The van der Waals surface area contributed by atoms with Crippen molar-refractivity contribution in [2.24, 2.45) is 0 Å². The third-order valence-corrected chi connectivity index (χ3v) is 4.44. The van der Waals surface area contributed by atoms with E-state index in [1.54, 1.807) is 6.08 Å². The van der Waals surface area contributed by atoms with Gasteiger partial charge in [-0.2, -0.15) is 0 Å². The van der Waals surface area contributed by atoms with Gasteiger partial charge in [-0.3, -0.25) is 4.79 Å². The molecule has 31 heavy (non-hydrogen) atoms. The smallest absolute Gasteiger partial charge is 0.331 e. The van der Waals surface area contributed by atoms with Gasteiger partial charge in [0.15, 0.2) is 0 Å². The summed E-state index contributed by atoms with van der Waals surface area (Å²) in [5.41, 5.74) is 4.44. The van der Waals surface area contributed by atoms with Gasteiger partial charge in [0.2, 0.25) is 5.91 Å². The number of esters is 1. The van der Waals surface area contributed by atoms with E-state index in [0.717, 1.165) is 28.8 Å². The number of benzene rings is 2. The van der Waals surface area contributed by atoms with Gasteiger partial charge >= 0.3 is 5.97 Å². The molecule has 4 nitrogen and oxygen atoms in total. The predicted octanol–water partition coefficient (Wildman–Crippen LogP) is 6.12. The molecule has 0 aliphatic heterocycles. The highest BCUT2D eigenvalue weighted by atomic mass is 16.6. The number of allylic oxidation sites excluding steroid dienone is 2. The third kappa shape index (κ3) is 9.47. The van der Waals surface area contributed by atoms with Crippen LogP contribution in [0.15, 0.2) is 66.3 Å². The van der Waals surface area contributed by atoms with Crippen LogP contribution in [0.3, 0.4) is 0 Å². The van der Waals surface area contributed by atoms with Gasteiger partial charge in [-0.1, -0.05) is 54.1 Å². The van der Waals surface area contributed by atoms with Gasteiger partial charge in [0.1, 0.15) is 5.60 Å². The molecular weight excluding hydrogens is 386 g/mol. The standard InChI is InChI=1S/C27H33NO3/c1-20(2)11-15-23-16-12-22(14-18-26(30)31-27(3,4)5)19-24(23)28-25(29)17-13-21-9-7-6-8-10-21/h6-12,14,16,18-19H,13,15,17H2,1-5H3,(H,28,29)/b18-14+. The summed E-state index contributed by atoms with van der Waals surface area (Å²) in [4.78, 5) is 24.6. The van der Waals surface area contributed by atoms with Crippen molar-refractivity contribution in [3.8, 4) is 0 Å². The molecular formula is C27H33NO3. The Hall–Kier alpha value is -3.14. The lowest BCUT2D eigenvalue weighted by molar-refractivity contribution is -0.148. The van der Waals surface area contributed by atoms with Gasteiger partial charge in [-0.05, 0) is 76.3 Å². The number of ether oxygens (including phenoxy) is 1. The molecule has 0 fully saturated rings. The summed E-state index contributed by atoms with van der Waals surface area (Å²) in [5.74, 6) is -0.426. The molecule has 1 amide bonds. The minimum absolute atomic E-state index is 0.0319. The van der Waals surface area contributed by atoms with E-state index in [0.29, 0.717) is 12.8 Å². The SMILES string of the molecule is CC(C)=CCc1ccc(/C=C/C(=O)OC(C)(C)C)cc1NC(=O)CCc1ccccc1. The Morgan fingerprint density at radius 2 is 1.74 bits per heavy atom. The second kappa shape index (κ2) is 11.3. The van der Waals surface area contributed by atoms with Crippen LogP contribution in [0.4, 0.5) is 5.69 Å². The van der Waals surface area contributed by atoms with Crippen LogP contribution in [-0.4, -0.2) is 17.5 Å². The number of nitrogens with one attached hydrogen (secondary N) is 1. The number of hydrogen-bond donors (Lipinski definition) is 1. The normalized spacial score (nSPS) is 11.3. The molecule has 2 aromatic carbocycles. The van der Waals surface area contributed by atoms with Crippen molar-refractivity contribution in [2.45, 2.75) is 59.5 Å². The number of anilines is 1. The number of carbonyl (C=O) groups excluding carboxylic acids is 2. The molecule has 0 radical (unpaired) electrons. The maximum atomic E-state index is 12.6. The molecule has 0 saturated heterocycles. The quantitative estimate of drug-likeness (QED) is 0.318. The molecule has 0 saturated carbocycles. The molecule has 2 aromatic rings. The Labute approximate surface area is 186 Å². The molecule has 0 bridgehead atoms. The second-order valence-corrected chi connectivity index (χ2v) is 8.80. The minimum Gasteiger partial charge on any atom is -0.457 e. The molecule has 0 spiro atoms. The number of rotatable bonds is 8. The van der Waals surface area contributed by atoms with Crippen LogP contribution in [0.2, 0.25) is 0 Å².